The Kier molecular flexibility index (Phi) is 1.85. The van der Waals surface area contributed by atoms with Crippen molar-refractivity contribution in [3.05, 3.63) is 21.2 Å². The van der Waals surface area contributed by atoms with Crippen molar-refractivity contribution in [2.75, 3.05) is 5.73 Å². The highest BCUT2D eigenvalue weighted by Gasteiger charge is 2.07. The third kappa shape index (κ3) is 1.29. The van der Waals surface area contributed by atoms with Crippen LogP contribution in [0.4, 0.5) is 5.95 Å². The molecule has 72 valence electrons. The van der Waals surface area contributed by atoms with Gasteiger partial charge in [0.1, 0.15) is 0 Å². The zero-order valence-electron chi connectivity index (χ0n) is 7.21. The fraction of sp³-hybridized carbons (Fsp3) is 0.143. The molecule has 2 aromatic rings. The van der Waals surface area contributed by atoms with Crippen molar-refractivity contribution in [2.45, 2.75) is 6.92 Å². The largest absolute Gasteiger partial charge is 0.369 e. The van der Waals surface area contributed by atoms with Crippen molar-refractivity contribution < 1.29 is 0 Å². The predicted molar refractivity (Wildman–Crippen MR) is 52.1 cm³/mol. The normalized spacial score (nSPS) is 10.7. The van der Waals surface area contributed by atoms with E-state index in [2.05, 4.69) is 19.9 Å². The number of hydrogen-bond donors (Lipinski definition) is 2. The van der Waals surface area contributed by atoms with Crippen molar-refractivity contribution in [3.8, 4) is 0 Å². The topological polar surface area (TPSA) is 97.5 Å². The third-order valence-electron chi connectivity index (χ3n) is 1.68. The molecule has 0 spiro atoms. The maximum absolute atomic E-state index is 11.3. The van der Waals surface area contributed by atoms with Crippen LogP contribution in [0.2, 0.25) is 5.15 Å². The van der Waals surface area contributed by atoms with Gasteiger partial charge in [-0.25, -0.2) is 9.97 Å². The fourth-order valence-corrected chi connectivity index (χ4v) is 1.16. The van der Waals surface area contributed by atoms with Gasteiger partial charge in [-0.05, 0) is 6.92 Å². The quantitative estimate of drug-likeness (QED) is 0.651. The SMILES string of the molecule is Cc1nc2nc(N)[nH]c(=O)c2nc1Cl. The summed E-state index contributed by atoms with van der Waals surface area (Å²) in [6, 6.07) is 0. The summed E-state index contributed by atoms with van der Waals surface area (Å²) < 4.78 is 0. The fourth-order valence-electron chi connectivity index (χ4n) is 1.03. The summed E-state index contributed by atoms with van der Waals surface area (Å²) in [7, 11) is 0. The molecule has 0 saturated heterocycles. The molecular formula is C7H6ClN5O. The maximum atomic E-state index is 11.3. The van der Waals surface area contributed by atoms with Crippen molar-refractivity contribution in [3.63, 3.8) is 0 Å². The molecule has 0 unspecified atom stereocenters. The Morgan fingerprint density at radius 3 is 2.79 bits per heavy atom. The summed E-state index contributed by atoms with van der Waals surface area (Å²) >= 11 is 5.71. The Morgan fingerprint density at radius 2 is 2.07 bits per heavy atom. The van der Waals surface area contributed by atoms with Crippen LogP contribution >= 0.6 is 11.6 Å². The number of aryl methyl sites for hydroxylation is 1. The first kappa shape index (κ1) is 8.89. The first-order valence-electron chi connectivity index (χ1n) is 3.77. The van der Waals surface area contributed by atoms with E-state index in [-0.39, 0.29) is 22.3 Å². The molecular weight excluding hydrogens is 206 g/mol. The number of anilines is 1. The highest BCUT2D eigenvalue weighted by atomic mass is 35.5. The van der Waals surface area contributed by atoms with E-state index in [0.717, 1.165) is 0 Å². The van der Waals surface area contributed by atoms with Gasteiger partial charge in [0.05, 0.1) is 5.69 Å². The van der Waals surface area contributed by atoms with Crippen LogP contribution in [0.15, 0.2) is 4.79 Å². The average Bonchev–Trinajstić information content (AvgIpc) is 2.08. The van der Waals surface area contributed by atoms with E-state index >= 15 is 0 Å². The van der Waals surface area contributed by atoms with Gasteiger partial charge in [-0.15, -0.1) is 0 Å². The lowest BCUT2D eigenvalue weighted by Crippen LogP contribution is -2.13. The Bertz CT molecular complexity index is 564. The minimum atomic E-state index is -0.443. The van der Waals surface area contributed by atoms with E-state index in [4.69, 9.17) is 17.3 Å². The number of aromatic nitrogens is 4. The van der Waals surface area contributed by atoms with Crippen LogP contribution in [-0.2, 0) is 0 Å². The zero-order valence-corrected chi connectivity index (χ0v) is 7.96. The smallest absolute Gasteiger partial charge is 0.280 e. The second kappa shape index (κ2) is 2.91. The summed E-state index contributed by atoms with van der Waals surface area (Å²) in [6.07, 6.45) is 0. The molecule has 0 aliphatic carbocycles. The summed E-state index contributed by atoms with van der Waals surface area (Å²) in [6.45, 7) is 1.67. The van der Waals surface area contributed by atoms with Crippen molar-refractivity contribution in [1.29, 1.82) is 0 Å². The third-order valence-corrected chi connectivity index (χ3v) is 2.03. The Labute approximate surface area is 83.2 Å². The number of nitrogens with one attached hydrogen (secondary N) is 1. The number of H-pyrrole nitrogens is 1. The molecule has 0 saturated carbocycles. The summed E-state index contributed by atoms with van der Waals surface area (Å²) in [5, 5.41) is 0.189. The number of aromatic amines is 1. The molecule has 3 N–H and O–H groups in total. The second-order valence-corrected chi connectivity index (χ2v) is 3.08. The Balaban J connectivity index is 2.96. The van der Waals surface area contributed by atoms with E-state index < -0.39 is 5.56 Å². The van der Waals surface area contributed by atoms with Crippen LogP contribution in [0.5, 0.6) is 0 Å². The van der Waals surface area contributed by atoms with Gasteiger partial charge >= 0.3 is 0 Å². The molecule has 0 amide bonds. The molecule has 0 radical (unpaired) electrons. The standard InChI is InChI=1S/C7H6ClN5O/c1-2-4(8)11-3-5(10-2)12-7(9)13-6(3)14/h1H3,(H3,9,10,12,13,14). The van der Waals surface area contributed by atoms with Gasteiger partial charge in [0.2, 0.25) is 5.95 Å². The number of nitrogen functional groups attached to an aromatic ring is 1. The van der Waals surface area contributed by atoms with E-state index in [0.29, 0.717) is 5.69 Å². The van der Waals surface area contributed by atoms with Crippen LogP contribution < -0.4 is 11.3 Å². The number of halogens is 1. The van der Waals surface area contributed by atoms with E-state index in [1.807, 2.05) is 0 Å². The van der Waals surface area contributed by atoms with Crippen molar-refractivity contribution in [1.82, 2.24) is 19.9 Å². The molecule has 2 heterocycles. The summed E-state index contributed by atoms with van der Waals surface area (Å²) in [4.78, 5) is 25.3. The van der Waals surface area contributed by atoms with Crippen LogP contribution in [0.3, 0.4) is 0 Å². The van der Waals surface area contributed by atoms with Gasteiger partial charge in [0.25, 0.3) is 5.56 Å². The molecule has 2 aromatic heterocycles. The summed E-state index contributed by atoms with van der Waals surface area (Å²) in [5.41, 5.74) is 5.71. The average molecular weight is 212 g/mol. The van der Waals surface area contributed by atoms with Crippen molar-refractivity contribution in [2.24, 2.45) is 0 Å². The van der Waals surface area contributed by atoms with Crippen LogP contribution in [0.25, 0.3) is 11.2 Å². The molecule has 14 heavy (non-hydrogen) atoms. The van der Waals surface area contributed by atoms with E-state index in [1.54, 1.807) is 6.92 Å². The number of nitrogens with zero attached hydrogens (tertiary/aromatic N) is 3. The molecule has 0 fully saturated rings. The molecule has 0 aromatic carbocycles. The number of nitrogens with two attached hydrogens (primary N) is 1. The number of rotatable bonds is 0. The molecule has 0 aliphatic heterocycles. The Morgan fingerprint density at radius 1 is 1.36 bits per heavy atom. The highest BCUT2D eigenvalue weighted by Crippen LogP contribution is 2.11. The lowest BCUT2D eigenvalue weighted by Gasteiger charge is -1.99. The molecule has 6 nitrogen and oxygen atoms in total. The molecule has 7 heteroatoms. The molecule has 0 bridgehead atoms. The molecule has 2 rings (SSSR count). The van der Waals surface area contributed by atoms with Crippen LogP contribution in [-0.4, -0.2) is 19.9 Å². The van der Waals surface area contributed by atoms with Gasteiger partial charge in [-0.3, -0.25) is 9.78 Å². The van der Waals surface area contributed by atoms with Gasteiger partial charge < -0.3 is 5.73 Å². The predicted octanol–water partition coefficient (Wildman–Crippen LogP) is 0.257. The van der Waals surface area contributed by atoms with Crippen LogP contribution in [0.1, 0.15) is 5.69 Å². The minimum Gasteiger partial charge on any atom is -0.369 e. The molecule has 0 atom stereocenters. The van der Waals surface area contributed by atoms with Crippen LogP contribution in [0, 0.1) is 6.92 Å². The molecule has 0 aliphatic rings. The van der Waals surface area contributed by atoms with E-state index in [1.165, 1.54) is 0 Å². The minimum absolute atomic E-state index is 0.0125. The van der Waals surface area contributed by atoms with E-state index in [9.17, 15) is 4.79 Å². The zero-order chi connectivity index (χ0) is 10.3. The lowest BCUT2D eigenvalue weighted by atomic mass is 10.4. The van der Waals surface area contributed by atoms with Crippen molar-refractivity contribution >= 4 is 28.7 Å². The number of hydrogen-bond acceptors (Lipinski definition) is 5. The Hall–Kier alpha value is -1.69. The van der Waals surface area contributed by atoms with Gasteiger partial charge in [-0.2, -0.15) is 4.98 Å². The first-order valence-corrected chi connectivity index (χ1v) is 4.15. The van der Waals surface area contributed by atoms with Gasteiger partial charge in [-0.1, -0.05) is 11.6 Å². The van der Waals surface area contributed by atoms with Gasteiger partial charge in [0, 0.05) is 0 Å². The first-order chi connectivity index (χ1) is 6.58. The lowest BCUT2D eigenvalue weighted by molar-refractivity contribution is 1.09. The van der Waals surface area contributed by atoms with Gasteiger partial charge in [0.15, 0.2) is 16.3 Å². The number of fused-ring (bicyclic) bond motifs is 1. The monoisotopic (exact) mass is 211 g/mol. The second-order valence-electron chi connectivity index (χ2n) is 2.72. The highest BCUT2D eigenvalue weighted by molar-refractivity contribution is 6.30. The maximum Gasteiger partial charge on any atom is 0.280 e. The summed E-state index contributed by atoms with van der Waals surface area (Å²) in [5.74, 6) is 0.0125.